The zero-order chi connectivity index (χ0) is 11.5. The molecule has 0 radical (unpaired) electrons. The number of hydrogen-bond donors (Lipinski definition) is 2. The molecule has 0 aliphatic carbocycles. The minimum atomic E-state index is -0.246. The summed E-state index contributed by atoms with van der Waals surface area (Å²) in [7, 11) is 1.53. The van der Waals surface area contributed by atoms with Crippen molar-refractivity contribution in [2.24, 2.45) is 0 Å². The average Bonchev–Trinajstić information content (AvgIpc) is 2.28. The lowest BCUT2D eigenvalue weighted by Gasteiger charge is -2.25. The molecule has 0 aromatic heterocycles. The molecule has 1 aromatic carbocycles. The summed E-state index contributed by atoms with van der Waals surface area (Å²) >= 11 is 0. The maximum Gasteiger partial charge on any atom is 0.179 e. The normalized spacial score (nSPS) is 19.2. The highest BCUT2D eigenvalue weighted by Crippen LogP contribution is 2.25. The maximum atomic E-state index is 11.8. The van der Waals surface area contributed by atoms with Crippen LogP contribution in [0.4, 0.5) is 5.69 Å². The van der Waals surface area contributed by atoms with E-state index in [9.17, 15) is 4.79 Å². The van der Waals surface area contributed by atoms with Gasteiger partial charge in [-0.3, -0.25) is 4.79 Å². The van der Waals surface area contributed by atoms with E-state index >= 15 is 0 Å². The molecule has 1 aliphatic rings. The van der Waals surface area contributed by atoms with Crippen LogP contribution in [-0.4, -0.2) is 26.0 Å². The number of carbonyl (C=O) groups excluding carboxylic acids is 1. The minimum absolute atomic E-state index is 0.0632. The Balaban J connectivity index is 2.29. The highest BCUT2D eigenvalue weighted by atomic mass is 16.5. The number of benzene rings is 1. The zero-order valence-electron chi connectivity index (χ0n) is 9.32. The van der Waals surface area contributed by atoms with Gasteiger partial charge < -0.3 is 15.8 Å². The molecule has 2 rings (SSSR count). The van der Waals surface area contributed by atoms with Crippen molar-refractivity contribution in [1.82, 2.24) is 5.32 Å². The van der Waals surface area contributed by atoms with Crippen LogP contribution in [0.15, 0.2) is 18.2 Å². The van der Waals surface area contributed by atoms with E-state index in [0.717, 1.165) is 29.8 Å². The third kappa shape index (κ3) is 2.08. The van der Waals surface area contributed by atoms with Crippen LogP contribution >= 0.6 is 0 Å². The van der Waals surface area contributed by atoms with Crippen molar-refractivity contribution in [1.29, 1.82) is 0 Å². The van der Waals surface area contributed by atoms with Crippen molar-refractivity contribution in [3.8, 4) is 0 Å². The number of ketones is 1. The van der Waals surface area contributed by atoms with Gasteiger partial charge in [0.1, 0.15) is 6.61 Å². The number of fused-ring (bicyclic) bond motifs is 1. The first-order chi connectivity index (χ1) is 7.72. The lowest BCUT2D eigenvalue weighted by molar-refractivity contribution is -0.125. The van der Waals surface area contributed by atoms with Gasteiger partial charge in [-0.25, -0.2) is 0 Å². The summed E-state index contributed by atoms with van der Waals surface area (Å²) in [5.74, 6) is 0.0632. The van der Waals surface area contributed by atoms with Gasteiger partial charge in [0.2, 0.25) is 0 Å². The summed E-state index contributed by atoms with van der Waals surface area (Å²) in [6.45, 7) is 0.943. The summed E-state index contributed by atoms with van der Waals surface area (Å²) < 4.78 is 4.88. The lowest BCUT2D eigenvalue weighted by Crippen LogP contribution is -2.36. The molecule has 0 saturated heterocycles. The summed E-state index contributed by atoms with van der Waals surface area (Å²) in [6.07, 6.45) is 0.914. The monoisotopic (exact) mass is 220 g/mol. The molecule has 0 amide bonds. The minimum Gasteiger partial charge on any atom is -0.399 e. The van der Waals surface area contributed by atoms with E-state index in [-0.39, 0.29) is 18.4 Å². The molecule has 86 valence electrons. The molecular weight excluding hydrogens is 204 g/mol. The number of hydrogen-bond acceptors (Lipinski definition) is 4. The predicted octanol–water partition coefficient (Wildman–Crippen LogP) is 0.671. The summed E-state index contributed by atoms with van der Waals surface area (Å²) in [5, 5.41) is 3.21. The van der Waals surface area contributed by atoms with E-state index in [1.807, 2.05) is 18.2 Å². The molecule has 4 nitrogen and oxygen atoms in total. The maximum absolute atomic E-state index is 11.8. The van der Waals surface area contributed by atoms with Crippen molar-refractivity contribution in [3.05, 3.63) is 29.3 Å². The molecule has 0 saturated carbocycles. The van der Waals surface area contributed by atoms with Gasteiger partial charge in [0, 0.05) is 19.3 Å². The van der Waals surface area contributed by atoms with Crippen LogP contribution < -0.4 is 11.1 Å². The van der Waals surface area contributed by atoms with Gasteiger partial charge in [-0.15, -0.1) is 0 Å². The molecule has 0 spiro atoms. The molecule has 1 aliphatic heterocycles. The second-order valence-electron chi connectivity index (χ2n) is 3.99. The third-order valence-electron chi connectivity index (χ3n) is 2.83. The fourth-order valence-electron chi connectivity index (χ4n) is 2.10. The van der Waals surface area contributed by atoms with Gasteiger partial charge >= 0.3 is 0 Å². The summed E-state index contributed by atoms with van der Waals surface area (Å²) in [4.78, 5) is 11.8. The first-order valence-electron chi connectivity index (χ1n) is 5.35. The van der Waals surface area contributed by atoms with Gasteiger partial charge in [0.05, 0.1) is 6.04 Å². The van der Waals surface area contributed by atoms with Crippen molar-refractivity contribution < 1.29 is 9.53 Å². The molecule has 4 heteroatoms. The van der Waals surface area contributed by atoms with Gasteiger partial charge in [0.25, 0.3) is 0 Å². The smallest absolute Gasteiger partial charge is 0.179 e. The van der Waals surface area contributed by atoms with Crippen molar-refractivity contribution in [3.63, 3.8) is 0 Å². The third-order valence-corrected chi connectivity index (χ3v) is 2.83. The standard InChI is InChI=1S/C12H16N2O2/c1-16-7-11(15)12-10-3-2-9(13)6-8(10)4-5-14-12/h2-3,6,12,14H,4-5,7,13H2,1H3. The van der Waals surface area contributed by atoms with Crippen LogP contribution in [-0.2, 0) is 16.0 Å². The highest BCUT2D eigenvalue weighted by Gasteiger charge is 2.25. The number of carbonyl (C=O) groups is 1. The molecule has 1 atom stereocenters. The van der Waals surface area contributed by atoms with Crippen LogP contribution in [0.2, 0.25) is 0 Å². The van der Waals surface area contributed by atoms with Crippen LogP contribution in [0, 0.1) is 0 Å². The summed E-state index contributed by atoms with van der Waals surface area (Å²) in [6, 6.07) is 5.46. The first-order valence-corrected chi connectivity index (χ1v) is 5.35. The molecule has 1 heterocycles. The molecule has 3 N–H and O–H groups in total. The Bertz CT molecular complexity index is 404. The van der Waals surface area contributed by atoms with Crippen LogP contribution in [0.3, 0.4) is 0 Å². The molecule has 0 fully saturated rings. The Hall–Kier alpha value is -1.39. The van der Waals surface area contributed by atoms with E-state index in [1.54, 1.807) is 0 Å². The Morgan fingerprint density at radius 2 is 2.44 bits per heavy atom. The van der Waals surface area contributed by atoms with E-state index in [4.69, 9.17) is 10.5 Å². The van der Waals surface area contributed by atoms with E-state index < -0.39 is 0 Å². The second kappa shape index (κ2) is 4.63. The Morgan fingerprint density at radius 1 is 1.62 bits per heavy atom. The SMILES string of the molecule is COCC(=O)C1NCCc2cc(N)ccc21. The molecule has 0 bridgehead atoms. The number of rotatable bonds is 3. The second-order valence-corrected chi connectivity index (χ2v) is 3.99. The number of nitrogens with two attached hydrogens (primary N) is 1. The Labute approximate surface area is 94.8 Å². The van der Waals surface area contributed by atoms with Gasteiger partial charge in [-0.2, -0.15) is 0 Å². The van der Waals surface area contributed by atoms with Gasteiger partial charge in [0.15, 0.2) is 5.78 Å². The number of nitrogens with one attached hydrogen (secondary N) is 1. The number of nitrogen functional groups attached to an aromatic ring is 1. The zero-order valence-corrected chi connectivity index (χ0v) is 9.32. The first kappa shape index (κ1) is 11.1. The Kier molecular flexibility index (Phi) is 3.22. The number of Topliss-reactive ketones (excluding diaryl/α,β-unsaturated/α-hetero) is 1. The van der Waals surface area contributed by atoms with Crippen LogP contribution in [0.5, 0.6) is 0 Å². The van der Waals surface area contributed by atoms with E-state index in [0.29, 0.717) is 0 Å². The topological polar surface area (TPSA) is 64.3 Å². The highest BCUT2D eigenvalue weighted by molar-refractivity contribution is 5.87. The quantitative estimate of drug-likeness (QED) is 0.735. The van der Waals surface area contributed by atoms with Gasteiger partial charge in [-0.1, -0.05) is 6.07 Å². The summed E-state index contributed by atoms with van der Waals surface area (Å²) in [5.41, 5.74) is 8.67. The average molecular weight is 220 g/mol. The molecular formula is C12H16N2O2. The number of anilines is 1. The largest absolute Gasteiger partial charge is 0.399 e. The van der Waals surface area contributed by atoms with Crippen LogP contribution in [0.25, 0.3) is 0 Å². The molecule has 1 unspecified atom stereocenters. The van der Waals surface area contributed by atoms with Gasteiger partial charge in [-0.05, 0) is 29.7 Å². The van der Waals surface area contributed by atoms with Crippen molar-refractivity contribution in [2.45, 2.75) is 12.5 Å². The number of methoxy groups -OCH3 is 1. The van der Waals surface area contributed by atoms with E-state index in [2.05, 4.69) is 5.32 Å². The van der Waals surface area contributed by atoms with Crippen molar-refractivity contribution >= 4 is 11.5 Å². The van der Waals surface area contributed by atoms with E-state index in [1.165, 1.54) is 7.11 Å². The molecule has 1 aromatic rings. The predicted molar refractivity (Wildman–Crippen MR) is 62.2 cm³/mol. The Morgan fingerprint density at radius 3 is 3.19 bits per heavy atom. The number of ether oxygens (including phenoxy) is 1. The fourth-order valence-corrected chi connectivity index (χ4v) is 2.10. The van der Waals surface area contributed by atoms with Crippen molar-refractivity contribution in [2.75, 3.05) is 26.0 Å². The fraction of sp³-hybridized carbons (Fsp3) is 0.417. The molecule has 16 heavy (non-hydrogen) atoms. The van der Waals surface area contributed by atoms with Crippen LogP contribution in [0.1, 0.15) is 17.2 Å². The lowest BCUT2D eigenvalue weighted by atomic mass is 9.91.